The average Bonchev–Trinajstić information content (AvgIpc) is 3.24. The van der Waals surface area contributed by atoms with E-state index in [-0.39, 0.29) is 24.5 Å². The molecule has 9 nitrogen and oxygen atoms in total. The van der Waals surface area contributed by atoms with Crippen molar-refractivity contribution in [3.8, 4) is 17.2 Å². The van der Waals surface area contributed by atoms with Gasteiger partial charge in [-0.05, 0) is 69.7 Å². The first-order valence-corrected chi connectivity index (χ1v) is 11.8. The zero-order valence-electron chi connectivity index (χ0n) is 21.2. The summed E-state index contributed by atoms with van der Waals surface area (Å²) in [4.78, 5) is 30.6. The molecular weight excluding hydrogens is 505 g/mol. The number of nitrogens with zero attached hydrogens (tertiary/aromatic N) is 3. The Balaban J connectivity index is 1.67. The van der Waals surface area contributed by atoms with E-state index in [1.165, 1.54) is 35.2 Å². The summed E-state index contributed by atoms with van der Waals surface area (Å²) in [6.07, 6.45) is -0.0201. The molecule has 1 unspecified atom stereocenters. The number of carbonyl (C=O) groups is 1. The number of amides is 1. The molecule has 0 radical (unpaired) electrons. The van der Waals surface area contributed by atoms with Crippen LogP contribution in [-0.2, 0) is 6.54 Å². The van der Waals surface area contributed by atoms with E-state index in [4.69, 9.17) is 4.74 Å². The monoisotopic (exact) mass is 532 g/mol. The number of imidazole rings is 1. The number of aliphatic hydroxyl groups excluding tert-OH is 1. The van der Waals surface area contributed by atoms with Crippen LogP contribution in [0.1, 0.15) is 42.5 Å². The van der Waals surface area contributed by atoms with Gasteiger partial charge < -0.3 is 24.5 Å². The summed E-state index contributed by atoms with van der Waals surface area (Å²) in [6, 6.07) is 6.01. The predicted molar refractivity (Wildman–Crippen MR) is 132 cm³/mol. The van der Waals surface area contributed by atoms with Crippen LogP contribution in [0.5, 0.6) is 11.5 Å². The number of alkyl halides is 3. The molecule has 2 aromatic heterocycles. The lowest BCUT2D eigenvalue weighted by Gasteiger charge is -2.33. The van der Waals surface area contributed by atoms with E-state index in [0.29, 0.717) is 22.6 Å². The van der Waals surface area contributed by atoms with Crippen molar-refractivity contribution >= 4 is 11.5 Å². The van der Waals surface area contributed by atoms with E-state index in [0.717, 1.165) is 10.6 Å². The molecule has 2 N–H and O–H groups in total. The van der Waals surface area contributed by atoms with Crippen LogP contribution in [0.4, 0.5) is 13.2 Å². The fourth-order valence-corrected chi connectivity index (χ4v) is 4.33. The van der Waals surface area contributed by atoms with E-state index in [2.05, 4.69) is 15.0 Å². The first-order chi connectivity index (χ1) is 17.8. The number of nitrogens with one attached hydrogen (secondary N) is 1. The second-order valence-corrected chi connectivity index (χ2v) is 9.41. The maximum atomic E-state index is 13.3. The lowest BCUT2D eigenvalue weighted by atomic mass is 9.90. The smallest absolute Gasteiger partial charge is 0.483 e. The van der Waals surface area contributed by atoms with Gasteiger partial charge in [0.05, 0.1) is 24.7 Å². The second kappa shape index (κ2) is 10.0. The van der Waals surface area contributed by atoms with Gasteiger partial charge in [-0.15, -0.1) is 13.2 Å². The van der Waals surface area contributed by atoms with Gasteiger partial charge in [-0.3, -0.25) is 14.2 Å². The number of hydrogen-bond acceptors (Lipinski definition) is 6. The summed E-state index contributed by atoms with van der Waals surface area (Å²) in [7, 11) is 0. The van der Waals surface area contributed by atoms with Gasteiger partial charge in [-0.1, -0.05) is 0 Å². The number of pyridine rings is 1. The van der Waals surface area contributed by atoms with Crippen LogP contribution in [0, 0.1) is 6.92 Å². The Morgan fingerprint density at radius 1 is 1.26 bits per heavy atom. The molecule has 202 valence electrons. The topological polar surface area (TPSA) is 108 Å². The molecule has 0 spiro atoms. The molecule has 12 heteroatoms. The second-order valence-electron chi connectivity index (χ2n) is 9.41. The average molecular weight is 533 g/mol. The fourth-order valence-electron chi connectivity index (χ4n) is 4.33. The number of benzene rings is 1. The van der Waals surface area contributed by atoms with Gasteiger partial charge in [0.1, 0.15) is 28.5 Å². The van der Waals surface area contributed by atoms with E-state index < -0.39 is 35.2 Å². The van der Waals surface area contributed by atoms with Crippen molar-refractivity contribution in [2.24, 2.45) is 0 Å². The van der Waals surface area contributed by atoms with Gasteiger partial charge in [-0.2, -0.15) is 0 Å². The zero-order chi connectivity index (χ0) is 27.8. The summed E-state index contributed by atoms with van der Waals surface area (Å²) in [5.74, 6) is -0.697. The molecule has 0 saturated carbocycles. The highest BCUT2D eigenvalue weighted by Gasteiger charge is 2.34. The van der Waals surface area contributed by atoms with E-state index in [1.807, 2.05) is 0 Å². The van der Waals surface area contributed by atoms with Crippen LogP contribution in [-0.4, -0.2) is 49.7 Å². The minimum absolute atomic E-state index is 0.0118. The largest absolute Gasteiger partial charge is 0.573 e. The lowest BCUT2D eigenvalue weighted by Crippen LogP contribution is -2.40. The summed E-state index contributed by atoms with van der Waals surface area (Å²) in [5, 5.41) is 12.4. The highest BCUT2D eigenvalue weighted by Crippen LogP contribution is 2.40. The first-order valence-electron chi connectivity index (χ1n) is 11.8. The number of halogens is 3. The first kappa shape index (κ1) is 27.0. The van der Waals surface area contributed by atoms with Crippen molar-refractivity contribution in [3.05, 3.63) is 76.2 Å². The number of fused-ring (bicyclic) bond motifs is 1. The van der Waals surface area contributed by atoms with Crippen molar-refractivity contribution in [1.29, 1.82) is 0 Å². The van der Waals surface area contributed by atoms with Gasteiger partial charge in [0.2, 0.25) is 0 Å². The van der Waals surface area contributed by atoms with Gasteiger partial charge in [0, 0.05) is 18.3 Å². The van der Waals surface area contributed by atoms with Crippen LogP contribution in [0.25, 0.3) is 11.3 Å². The van der Waals surface area contributed by atoms with Crippen LogP contribution in [0.15, 0.2) is 53.7 Å². The Morgan fingerprint density at radius 3 is 2.63 bits per heavy atom. The molecule has 38 heavy (non-hydrogen) atoms. The molecular formula is C26H27F3N4O5. The van der Waals surface area contributed by atoms with Crippen molar-refractivity contribution in [2.75, 3.05) is 6.61 Å². The lowest BCUT2D eigenvalue weighted by molar-refractivity contribution is -0.274. The number of hydrogen-bond donors (Lipinski definition) is 2. The molecule has 3 heterocycles. The Labute approximate surface area is 216 Å². The minimum Gasteiger partial charge on any atom is -0.483 e. The van der Waals surface area contributed by atoms with Crippen LogP contribution in [0.2, 0.25) is 0 Å². The van der Waals surface area contributed by atoms with Crippen molar-refractivity contribution < 1.29 is 32.5 Å². The molecule has 0 fully saturated rings. The number of rotatable bonds is 7. The molecule has 0 saturated heterocycles. The van der Waals surface area contributed by atoms with Crippen molar-refractivity contribution in [3.63, 3.8) is 0 Å². The normalized spacial score (nSPS) is 15.2. The van der Waals surface area contributed by atoms with Crippen molar-refractivity contribution in [1.82, 2.24) is 19.4 Å². The quantitative estimate of drug-likeness (QED) is 0.482. The van der Waals surface area contributed by atoms with Gasteiger partial charge in [0.25, 0.3) is 11.5 Å². The highest BCUT2D eigenvalue weighted by molar-refractivity contribution is 5.94. The molecule has 3 aromatic rings. The zero-order valence-corrected chi connectivity index (χ0v) is 21.2. The molecule has 4 rings (SSSR count). The fraction of sp³-hybridized carbons (Fsp3) is 0.346. The van der Waals surface area contributed by atoms with Gasteiger partial charge >= 0.3 is 6.36 Å². The predicted octanol–water partition coefficient (Wildman–Crippen LogP) is 3.61. The van der Waals surface area contributed by atoms with Crippen LogP contribution >= 0.6 is 0 Å². The van der Waals surface area contributed by atoms with Gasteiger partial charge in [-0.25, -0.2) is 4.98 Å². The number of aromatic nitrogens is 3. The molecule has 0 bridgehead atoms. The van der Waals surface area contributed by atoms with Crippen LogP contribution in [0.3, 0.4) is 0 Å². The number of aliphatic hydroxyl groups is 1. The summed E-state index contributed by atoms with van der Waals surface area (Å²) in [6.45, 7) is 6.49. The summed E-state index contributed by atoms with van der Waals surface area (Å²) in [5.41, 5.74) is 0.503. The number of ether oxygens (including phenoxy) is 2. The third kappa shape index (κ3) is 5.75. The van der Waals surface area contributed by atoms with E-state index in [1.54, 1.807) is 40.0 Å². The van der Waals surface area contributed by atoms with E-state index >= 15 is 0 Å². The minimum atomic E-state index is -4.87. The van der Waals surface area contributed by atoms with Gasteiger partial charge in [0.15, 0.2) is 0 Å². The standard InChI is InChI=1S/C26H27F3N4O5/c1-15-13-32(14-30-15)21-7-6-20(33(9-10-34)24(21)36)23(35)31-16(2)19-12-25(3,4)38-22-8-5-17(11-18(19)22)37-26(27,28)29/h5-8,11-14,16,34H,9-10H2,1-4H3,(H,31,35). The molecule has 1 aromatic carbocycles. The maximum absolute atomic E-state index is 13.3. The maximum Gasteiger partial charge on any atom is 0.573 e. The molecule has 0 aliphatic carbocycles. The molecule has 1 amide bonds. The Bertz CT molecular complexity index is 1460. The third-order valence-electron chi connectivity index (χ3n) is 5.89. The third-order valence-corrected chi connectivity index (χ3v) is 5.89. The summed E-state index contributed by atoms with van der Waals surface area (Å²) >= 11 is 0. The van der Waals surface area contributed by atoms with Crippen molar-refractivity contribution in [2.45, 2.75) is 52.2 Å². The SMILES string of the molecule is Cc1cn(-c2ccc(C(=O)NC(C)C3=CC(C)(C)Oc4ccc(OC(F)(F)F)cc43)n(CCO)c2=O)cn1. The molecule has 1 aliphatic heterocycles. The number of carbonyl (C=O) groups excluding carboxylic acids is 1. The Kier molecular flexibility index (Phi) is 7.11. The highest BCUT2D eigenvalue weighted by atomic mass is 19.4. The Hall–Kier alpha value is -4.06. The Morgan fingerprint density at radius 2 is 2.00 bits per heavy atom. The van der Waals surface area contributed by atoms with E-state index in [9.17, 15) is 27.9 Å². The summed E-state index contributed by atoms with van der Waals surface area (Å²) < 4.78 is 51.1. The number of aryl methyl sites for hydroxylation is 1. The molecule has 1 aliphatic rings. The van der Waals surface area contributed by atoms with Crippen LogP contribution < -0.4 is 20.3 Å². The molecule has 1 atom stereocenters.